The van der Waals surface area contributed by atoms with E-state index < -0.39 is 24.1 Å². The molecule has 3 rings (SSSR count). The number of aromatic nitrogens is 2. The summed E-state index contributed by atoms with van der Waals surface area (Å²) in [5, 5.41) is 9.95. The standard InChI is InChI=1S/C21H15Cl2N3O4/c22-16-6-5-13(9-17(16)23)12-26(15-4-1-3-14(10-15)21(29)30)19(28)11-18(27)20-24-7-2-8-25-20/h1-10H,11-12H2,(H,29,30). The number of carbonyl (C=O) groups is 3. The van der Waals surface area contributed by atoms with Gasteiger partial charge in [-0.25, -0.2) is 14.8 Å². The van der Waals surface area contributed by atoms with E-state index in [2.05, 4.69) is 9.97 Å². The Balaban J connectivity index is 1.92. The molecule has 3 aromatic rings. The van der Waals surface area contributed by atoms with Crippen LogP contribution in [-0.4, -0.2) is 32.7 Å². The number of carboxylic acids is 1. The lowest BCUT2D eigenvalue weighted by Gasteiger charge is -2.23. The van der Waals surface area contributed by atoms with Crippen molar-refractivity contribution < 1.29 is 19.5 Å². The highest BCUT2D eigenvalue weighted by Crippen LogP contribution is 2.26. The highest BCUT2D eigenvalue weighted by molar-refractivity contribution is 6.42. The number of hydrogen-bond acceptors (Lipinski definition) is 5. The number of nitrogens with zero attached hydrogens (tertiary/aromatic N) is 3. The monoisotopic (exact) mass is 443 g/mol. The normalized spacial score (nSPS) is 10.5. The van der Waals surface area contributed by atoms with Gasteiger partial charge in [0.2, 0.25) is 11.7 Å². The fourth-order valence-electron chi connectivity index (χ4n) is 2.71. The van der Waals surface area contributed by atoms with Gasteiger partial charge in [-0.1, -0.05) is 35.3 Å². The Morgan fingerprint density at radius 1 is 0.933 bits per heavy atom. The molecule has 1 amide bonds. The van der Waals surface area contributed by atoms with Gasteiger partial charge in [0.15, 0.2) is 5.82 Å². The lowest BCUT2D eigenvalue weighted by molar-refractivity contribution is -0.117. The molecule has 9 heteroatoms. The van der Waals surface area contributed by atoms with Crippen LogP contribution in [-0.2, 0) is 11.3 Å². The first-order chi connectivity index (χ1) is 14.3. The second-order valence-corrected chi connectivity index (χ2v) is 7.07. The summed E-state index contributed by atoms with van der Waals surface area (Å²) < 4.78 is 0. The van der Waals surface area contributed by atoms with Crippen molar-refractivity contribution in [2.45, 2.75) is 13.0 Å². The zero-order chi connectivity index (χ0) is 21.7. The zero-order valence-corrected chi connectivity index (χ0v) is 17.0. The molecule has 0 saturated heterocycles. The Bertz CT molecular complexity index is 1110. The van der Waals surface area contributed by atoms with Crippen LogP contribution in [0.25, 0.3) is 0 Å². The van der Waals surface area contributed by atoms with E-state index in [-0.39, 0.29) is 17.9 Å². The number of rotatable bonds is 7. The van der Waals surface area contributed by atoms with Gasteiger partial charge in [0.1, 0.15) is 0 Å². The number of Topliss-reactive ketones (excluding diaryl/α,β-unsaturated/α-hetero) is 1. The maximum absolute atomic E-state index is 13.0. The first-order valence-corrected chi connectivity index (χ1v) is 9.48. The third-order valence-electron chi connectivity index (χ3n) is 4.16. The minimum atomic E-state index is -1.13. The molecule has 0 aliphatic rings. The highest BCUT2D eigenvalue weighted by atomic mass is 35.5. The van der Waals surface area contributed by atoms with Crippen LogP contribution < -0.4 is 4.90 Å². The van der Waals surface area contributed by atoms with Crippen LogP contribution in [0.4, 0.5) is 5.69 Å². The summed E-state index contributed by atoms with van der Waals surface area (Å²) in [6.45, 7) is 0.0573. The summed E-state index contributed by atoms with van der Waals surface area (Å²) in [6.07, 6.45) is 2.34. The maximum Gasteiger partial charge on any atom is 0.335 e. The average molecular weight is 444 g/mol. The lowest BCUT2D eigenvalue weighted by atomic mass is 10.1. The van der Waals surface area contributed by atoms with E-state index in [1.54, 1.807) is 30.3 Å². The van der Waals surface area contributed by atoms with Crippen molar-refractivity contribution >= 4 is 46.5 Å². The Kier molecular flexibility index (Phi) is 6.76. The van der Waals surface area contributed by atoms with Crippen molar-refractivity contribution in [3.8, 4) is 0 Å². The number of ketones is 1. The summed E-state index contributed by atoms with van der Waals surface area (Å²) >= 11 is 12.0. The van der Waals surface area contributed by atoms with E-state index in [1.165, 1.54) is 35.5 Å². The van der Waals surface area contributed by atoms with Crippen LogP contribution in [0.1, 0.15) is 33.0 Å². The molecule has 0 atom stereocenters. The van der Waals surface area contributed by atoms with Gasteiger partial charge in [-0.05, 0) is 42.0 Å². The number of hydrogen-bond donors (Lipinski definition) is 1. The Morgan fingerprint density at radius 3 is 2.33 bits per heavy atom. The lowest BCUT2D eigenvalue weighted by Crippen LogP contribution is -2.32. The number of carboxylic acid groups (broad SMARTS) is 1. The number of halogens is 2. The molecular formula is C21H15Cl2N3O4. The highest BCUT2D eigenvalue weighted by Gasteiger charge is 2.22. The topological polar surface area (TPSA) is 100 Å². The molecule has 152 valence electrons. The third-order valence-corrected chi connectivity index (χ3v) is 4.90. The average Bonchev–Trinajstić information content (AvgIpc) is 2.75. The van der Waals surface area contributed by atoms with Crippen molar-refractivity contribution in [3.63, 3.8) is 0 Å². The van der Waals surface area contributed by atoms with Crippen LogP contribution in [0.15, 0.2) is 60.9 Å². The summed E-state index contributed by atoms with van der Waals surface area (Å²) in [4.78, 5) is 45.8. The molecule has 0 spiro atoms. The van der Waals surface area contributed by atoms with Gasteiger partial charge < -0.3 is 10.0 Å². The van der Waals surface area contributed by atoms with Crippen molar-refractivity contribution in [1.29, 1.82) is 0 Å². The van der Waals surface area contributed by atoms with Gasteiger partial charge >= 0.3 is 5.97 Å². The molecule has 1 heterocycles. The maximum atomic E-state index is 13.0. The van der Waals surface area contributed by atoms with Crippen molar-refractivity contribution in [3.05, 3.63) is 87.9 Å². The second kappa shape index (κ2) is 9.47. The molecule has 0 bridgehead atoms. The van der Waals surface area contributed by atoms with Crippen LogP contribution in [0, 0.1) is 0 Å². The van der Waals surface area contributed by atoms with Crippen LogP contribution in [0.2, 0.25) is 10.0 Å². The first-order valence-electron chi connectivity index (χ1n) is 8.73. The second-order valence-electron chi connectivity index (χ2n) is 6.26. The molecule has 1 N–H and O–H groups in total. The quantitative estimate of drug-likeness (QED) is 0.431. The van der Waals surface area contributed by atoms with Gasteiger partial charge in [-0.15, -0.1) is 0 Å². The smallest absolute Gasteiger partial charge is 0.335 e. The third kappa shape index (κ3) is 5.20. The molecule has 30 heavy (non-hydrogen) atoms. The molecule has 0 unspecified atom stereocenters. The number of amides is 1. The fraction of sp³-hybridized carbons (Fsp3) is 0.0952. The van der Waals surface area contributed by atoms with Crippen molar-refractivity contribution in [2.24, 2.45) is 0 Å². The first kappa shape index (κ1) is 21.4. The molecule has 0 aliphatic heterocycles. The van der Waals surface area contributed by atoms with Crippen LogP contribution in [0.5, 0.6) is 0 Å². The molecule has 1 aromatic heterocycles. The number of aromatic carboxylic acids is 1. The Morgan fingerprint density at radius 2 is 1.67 bits per heavy atom. The molecule has 0 radical (unpaired) electrons. The number of anilines is 1. The van der Waals surface area contributed by atoms with E-state index in [0.717, 1.165) is 0 Å². The Hall–Kier alpha value is -3.29. The van der Waals surface area contributed by atoms with Crippen LogP contribution in [0.3, 0.4) is 0 Å². The van der Waals surface area contributed by atoms with E-state index in [4.69, 9.17) is 23.2 Å². The minimum Gasteiger partial charge on any atom is -0.478 e. The van der Waals surface area contributed by atoms with Crippen LogP contribution >= 0.6 is 23.2 Å². The largest absolute Gasteiger partial charge is 0.478 e. The van der Waals surface area contributed by atoms with Gasteiger partial charge in [0.05, 0.1) is 28.6 Å². The minimum absolute atomic E-state index is 0.0113. The Labute approximate surface area is 181 Å². The molecular weight excluding hydrogens is 429 g/mol. The number of carbonyl (C=O) groups excluding carboxylic acids is 2. The molecule has 7 nitrogen and oxygen atoms in total. The summed E-state index contributed by atoms with van der Waals surface area (Å²) in [7, 11) is 0. The van der Waals surface area contributed by atoms with E-state index in [1.807, 2.05) is 0 Å². The summed E-state index contributed by atoms with van der Waals surface area (Å²) in [6, 6.07) is 12.3. The summed E-state index contributed by atoms with van der Waals surface area (Å²) in [5.74, 6) is -2.29. The molecule has 0 fully saturated rings. The predicted octanol–water partition coefficient (Wildman–Crippen LogP) is 4.29. The number of benzene rings is 2. The summed E-state index contributed by atoms with van der Waals surface area (Å²) in [5.41, 5.74) is 0.992. The molecule has 2 aromatic carbocycles. The van der Waals surface area contributed by atoms with E-state index in [0.29, 0.717) is 21.3 Å². The molecule has 0 saturated carbocycles. The fourth-order valence-corrected chi connectivity index (χ4v) is 3.03. The van der Waals surface area contributed by atoms with E-state index in [9.17, 15) is 19.5 Å². The van der Waals surface area contributed by atoms with Gasteiger partial charge in [0, 0.05) is 18.1 Å². The van der Waals surface area contributed by atoms with Crippen molar-refractivity contribution in [2.75, 3.05) is 4.90 Å². The van der Waals surface area contributed by atoms with Gasteiger partial charge in [-0.3, -0.25) is 9.59 Å². The molecule has 0 aliphatic carbocycles. The SMILES string of the molecule is O=C(O)c1cccc(N(Cc2ccc(Cl)c(Cl)c2)C(=O)CC(=O)c2ncccn2)c1. The van der Waals surface area contributed by atoms with Crippen molar-refractivity contribution in [1.82, 2.24) is 9.97 Å². The zero-order valence-electron chi connectivity index (χ0n) is 15.5. The van der Waals surface area contributed by atoms with E-state index >= 15 is 0 Å². The van der Waals surface area contributed by atoms with Gasteiger partial charge in [-0.2, -0.15) is 0 Å². The van der Waals surface area contributed by atoms with Gasteiger partial charge in [0.25, 0.3) is 0 Å². The predicted molar refractivity (Wildman–Crippen MR) is 112 cm³/mol.